The summed E-state index contributed by atoms with van der Waals surface area (Å²) in [5.41, 5.74) is 2.19. The SMILES string of the molecule is Fc1cccc(C(CCl)Cc2ccc(I)cc2)c1. The van der Waals surface area contributed by atoms with E-state index in [0.717, 1.165) is 12.0 Å². The average Bonchev–Trinajstić information content (AvgIpc) is 2.38. The van der Waals surface area contributed by atoms with E-state index in [9.17, 15) is 4.39 Å². The fraction of sp³-hybridized carbons (Fsp3) is 0.200. The van der Waals surface area contributed by atoms with E-state index in [-0.39, 0.29) is 11.7 Å². The van der Waals surface area contributed by atoms with Gasteiger partial charge in [0.05, 0.1) is 0 Å². The fourth-order valence-electron chi connectivity index (χ4n) is 1.93. The molecule has 0 heterocycles. The van der Waals surface area contributed by atoms with Crippen LogP contribution < -0.4 is 0 Å². The molecular weight excluding hydrogens is 362 g/mol. The van der Waals surface area contributed by atoms with Gasteiger partial charge in [-0.3, -0.25) is 0 Å². The van der Waals surface area contributed by atoms with Gasteiger partial charge in [0.1, 0.15) is 5.82 Å². The summed E-state index contributed by atoms with van der Waals surface area (Å²) in [5.74, 6) is 0.447. The highest BCUT2D eigenvalue weighted by molar-refractivity contribution is 14.1. The Hall–Kier alpha value is -0.610. The van der Waals surface area contributed by atoms with Gasteiger partial charge in [0, 0.05) is 15.4 Å². The summed E-state index contributed by atoms with van der Waals surface area (Å²) in [6.45, 7) is 0. The third kappa shape index (κ3) is 3.69. The predicted octanol–water partition coefficient (Wildman–Crippen LogP) is 5.00. The first-order valence-electron chi connectivity index (χ1n) is 5.75. The molecule has 1 unspecified atom stereocenters. The lowest BCUT2D eigenvalue weighted by atomic mass is 9.93. The maximum atomic E-state index is 13.2. The van der Waals surface area contributed by atoms with Crippen molar-refractivity contribution in [3.8, 4) is 0 Å². The van der Waals surface area contributed by atoms with Crippen LogP contribution in [0, 0.1) is 9.39 Å². The molecule has 0 N–H and O–H groups in total. The van der Waals surface area contributed by atoms with Crippen molar-refractivity contribution < 1.29 is 4.39 Å². The van der Waals surface area contributed by atoms with E-state index >= 15 is 0 Å². The maximum Gasteiger partial charge on any atom is 0.123 e. The summed E-state index contributed by atoms with van der Waals surface area (Å²) in [6.07, 6.45) is 0.837. The first-order valence-corrected chi connectivity index (χ1v) is 7.36. The van der Waals surface area contributed by atoms with Crippen molar-refractivity contribution in [1.82, 2.24) is 0 Å². The van der Waals surface area contributed by atoms with Crippen molar-refractivity contribution in [2.75, 3.05) is 5.88 Å². The van der Waals surface area contributed by atoms with Gasteiger partial charge in [-0.25, -0.2) is 4.39 Å². The highest BCUT2D eigenvalue weighted by Crippen LogP contribution is 2.23. The van der Waals surface area contributed by atoms with Gasteiger partial charge >= 0.3 is 0 Å². The normalized spacial score (nSPS) is 12.4. The maximum absolute atomic E-state index is 13.2. The number of hydrogen-bond donors (Lipinski definition) is 0. The number of halogens is 3. The molecule has 0 radical (unpaired) electrons. The quantitative estimate of drug-likeness (QED) is 0.522. The second-order valence-corrected chi connectivity index (χ2v) is 5.79. The number of rotatable bonds is 4. The molecule has 18 heavy (non-hydrogen) atoms. The van der Waals surface area contributed by atoms with Crippen LogP contribution in [0.1, 0.15) is 17.0 Å². The van der Waals surface area contributed by atoms with Gasteiger partial charge in [0.25, 0.3) is 0 Å². The van der Waals surface area contributed by atoms with E-state index in [1.165, 1.54) is 15.2 Å². The molecule has 0 saturated carbocycles. The summed E-state index contributed by atoms with van der Waals surface area (Å²) >= 11 is 8.29. The molecule has 0 nitrogen and oxygen atoms in total. The van der Waals surface area contributed by atoms with Crippen molar-refractivity contribution in [3.05, 3.63) is 69.0 Å². The van der Waals surface area contributed by atoms with Crippen LogP contribution in [0.3, 0.4) is 0 Å². The number of benzene rings is 2. The molecule has 0 bridgehead atoms. The summed E-state index contributed by atoms with van der Waals surface area (Å²) < 4.78 is 14.4. The summed E-state index contributed by atoms with van der Waals surface area (Å²) in [6, 6.07) is 15.0. The molecule has 0 saturated heterocycles. The second-order valence-electron chi connectivity index (χ2n) is 4.24. The molecule has 0 aliphatic heterocycles. The molecule has 0 amide bonds. The highest BCUT2D eigenvalue weighted by Gasteiger charge is 2.12. The number of hydrogen-bond acceptors (Lipinski definition) is 0. The minimum absolute atomic E-state index is 0.155. The Bertz CT molecular complexity index is 510. The van der Waals surface area contributed by atoms with Gasteiger partial charge in [0.2, 0.25) is 0 Å². The smallest absolute Gasteiger partial charge is 0.123 e. The van der Waals surface area contributed by atoms with Gasteiger partial charge in [-0.15, -0.1) is 11.6 Å². The van der Waals surface area contributed by atoms with Gasteiger partial charge in [-0.1, -0.05) is 24.3 Å². The van der Waals surface area contributed by atoms with Crippen molar-refractivity contribution in [2.24, 2.45) is 0 Å². The first-order chi connectivity index (χ1) is 8.69. The molecule has 3 heteroatoms. The summed E-state index contributed by atoms with van der Waals surface area (Å²) in [4.78, 5) is 0. The van der Waals surface area contributed by atoms with E-state index in [0.29, 0.717) is 5.88 Å². The third-order valence-electron chi connectivity index (χ3n) is 2.90. The van der Waals surface area contributed by atoms with E-state index in [4.69, 9.17) is 11.6 Å². The molecule has 1 atom stereocenters. The van der Waals surface area contributed by atoms with Crippen LogP contribution in [-0.4, -0.2) is 5.88 Å². The van der Waals surface area contributed by atoms with Crippen molar-refractivity contribution in [2.45, 2.75) is 12.3 Å². The zero-order valence-corrected chi connectivity index (χ0v) is 12.7. The molecular formula is C15H13ClFI. The summed E-state index contributed by atoms with van der Waals surface area (Å²) in [7, 11) is 0. The largest absolute Gasteiger partial charge is 0.207 e. The monoisotopic (exact) mass is 374 g/mol. The molecule has 0 aliphatic carbocycles. The molecule has 0 fully saturated rings. The zero-order valence-electron chi connectivity index (χ0n) is 9.74. The van der Waals surface area contributed by atoms with Gasteiger partial charge in [0.15, 0.2) is 0 Å². The Labute approximate surface area is 125 Å². The fourth-order valence-corrected chi connectivity index (χ4v) is 2.57. The Morgan fingerprint density at radius 2 is 1.83 bits per heavy atom. The standard InChI is InChI=1S/C15H13ClFI/c16-10-13(12-2-1-3-14(17)9-12)8-11-4-6-15(18)7-5-11/h1-7,9,13H,8,10H2. The second kappa shape index (κ2) is 6.53. The average molecular weight is 375 g/mol. The molecule has 2 rings (SSSR count). The molecule has 2 aromatic rings. The summed E-state index contributed by atoms with van der Waals surface area (Å²) in [5, 5.41) is 0. The van der Waals surface area contributed by atoms with Crippen molar-refractivity contribution in [3.63, 3.8) is 0 Å². The van der Waals surface area contributed by atoms with Crippen LogP contribution in [0.15, 0.2) is 48.5 Å². The minimum atomic E-state index is -0.203. The van der Waals surface area contributed by atoms with Crippen LogP contribution in [0.2, 0.25) is 0 Å². The molecule has 0 spiro atoms. The van der Waals surface area contributed by atoms with Crippen LogP contribution in [0.5, 0.6) is 0 Å². The van der Waals surface area contributed by atoms with Gasteiger partial charge in [-0.2, -0.15) is 0 Å². The lowest BCUT2D eigenvalue weighted by Gasteiger charge is -2.14. The van der Waals surface area contributed by atoms with Crippen LogP contribution in [0.4, 0.5) is 4.39 Å². The van der Waals surface area contributed by atoms with Crippen molar-refractivity contribution in [1.29, 1.82) is 0 Å². The molecule has 0 aromatic heterocycles. The van der Waals surface area contributed by atoms with Crippen LogP contribution in [0.25, 0.3) is 0 Å². The molecule has 94 valence electrons. The third-order valence-corrected chi connectivity index (χ3v) is 3.99. The van der Waals surface area contributed by atoms with E-state index in [1.807, 2.05) is 6.07 Å². The lowest BCUT2D eigenvalue weighted by molar-refractivity contribution is 0.621. The van der Waals surface area contributed by atoms with Crippen LogP contribution >= 0.6 is 34.2 Å². The topological polar surface area (TPSA) is 0 Å². The Kier molecular flexibility index (Phi) is 5.01. The van der Waals surface area contributed by atoms with Crippen molar-refractivity contribution >= 4 is 34.2 Å². The molecule has 2 aromatic carbocycles. The Balaban J connectivity index is 2.17. The Morgan fingerprint density at radius 1 is 1.11 bits per heavy atom. The minimum Gasteiger partial charge on any atom is -0.207 e. The number of alkyl halides is 1. The first kappa shape index (κ1) is 13.8. The predicted molar refractivity (Wildman–Crippen MR) is 82.7 cm³/mol. The van der Waals surface area contributed by atoms with Crippen LogP contribution in [-0.2, 0) is 6.42 Å². The highest BCUT2D eigenvalue weighted by atomic mass is 127. The van der Waals surface area contributed by atoms with Gasteiger partial charge in [-0.05, 0) is 64.4 Å². The van der Waals surface area contributed by atoms with E-state index in [2.05, 4.69) is 46.9 Å². The van der Waals surface area contributed by atoms with E-state index < -0.39 is 0 Å². The van der Waals surface area contributed by atoms with E-state index in [1.54, 1.807) is 12.1 Å². The lowest BCUT2D eigenvalue weighted by Crippen LogP contribution is -2.05. The van der Waals surface area contributed by atoms with Gasteiger partial charge < -0.3 is 0 Å². The Morgan fingerprint density at radius 3 is 2.44 bits per heavy atom. The zero-order chi connectivity index (χ0) is 13.0. The molecule has 0 aliphatic rings.